The van der Waals surface area contributed by atoms with Crippen molar-refractivity contribution < 1.29 is 9.47 Å². The fourth-order valence-corrected chi connectivity index (χ4v) is 5.24. The summed E-state index contributed by atoms with van der Waals surface area (Å²) in [6.07, 6.45) is 9.92. The molecule has 0 amide bonds. The summed E-state index contributed by atoms with van der Waals surface area (Å²) in [7, 11) is 0. The molecule has 0 aromatic carbocycles. The van der Waals surface area contributed by atoms with E-state index in [4.69, 9.17) is 15.2 Å². The first-order chi connectivity index (χ1) is 9.26. The number of nitrogens with two attached hydrogens (primary N) is 1. The summed E-state index contributed by atoms with van der Waals surface area (Å²) in [6.45, 7) is 1.55. The Balaban J connectivity index is 1.61. The first kappa shape index (κ1) is 14.2. The van der Waals surface area contributed by atoms with Crippen molar-refractivity contribution in [3.8, 4) is 0 Å². The predicted molar refractivity (Wildman–Crippen MR) is 79.6 cm³/mol. The van der Waals surface area contributed by atoms with Crippen molar-refractivity contribution in [2.75, 3.05) is 24.7 Å². The van der Waals surface area contributed by atoms with Gasteiger partial charge < -0.3 is 15.2 Å². The normalized spacial score (nSPS) is 38.7. The first-order valence-electron chi connectivity index (χ1n) is 7.86. The lowest BCUT2D eigenvalue weighted by atomic mass is 9.83. The van der Waals surface area contributed by atoms with E-state index in [0.29, 0.717) is 12.6 Å². The van der Waals surface area contributed by atoms with E-state index >= 15 is 0 Å². The molecule has 3 nitrogen and oxygen atoms in total. The Morgan fingerprint density at radius 1 is 1.21 bits per heavy atom. The van der Waals surface area contributed by atoms with Crippen LogP contribution in [0.15, 0.2) is 0 Å². The molecule has 1 saturated carbocycles. The van der Waals surface area contributed by atoms with Gasteiger partial charge in [0.1, 0.15) is 0 Å². The van der Waals surface area contributed by atoms with Crippen LogP contribution < -0.4 is 5.73 Å². The molecule has 2 atom stereocenters. The molecule has 0 bridgehead atoms. The van der Waals surface area contributed by atoms with Gasteiger partial charge in [0.05, 0.1) is 17.3 Å². The van der Waals surface area contributed by atoms with E-state index in [1.807, 2.05) is 11.8 Å². The van der Waals surface area contributed by atoms with E-state index in [1.165, 1.54) is 31.4 Å². The summed E-state index contributed by atoms with van der Waals surface area (Å²) in [5, 5.41) is 0. The average molecular weight is 285 g/mol. The standard InChI is InChI=1S/C15H27NO2S/c16-11-14(5-2-1-3-6-14)18-13-4-8-17-15(10-13)7-9-19-12-15/h13H,1-12,16H2. The molecule has 2 N–H and O–H groups in total. The summed E-state index contributed by atoms with van der Waals surface area (Å²) in [5.74, 6) is 2.40. The van der Waals surface area contributed by atoms with Crippen LogP contribution in [0.2, 0.25) is 0 Å². The Kier molecular flexibility index (Phi) is 4.42. The highest BCUT2D eigenvalue weighted by Crippen LogP contribution is 2.41. The molecular weight excluding hydrogens is 258 g/mol. The molecule has 2 unspecified atom stereocenters. The maximum atomic E-state index is 6.54. The van der Waals surface area contributed by atoms with Crippen LogP contribution in [0.1, 0.15) is 51.4 Å². The van der Waals surface area contributed by atoms with Crippen LogP contribution in [0.3, 0.4) is 0 Å². The third-order valence-corrected chi connectivity index (χ3v) is 6.29. The fourth-order valence-electron chi connectivity index (χ4n) is 3.87. The van der Waals surface area contributed by atoms with Crippen LogP contribution >= 0.6 is 11.8 Å². The van der Waals surface area contributed by atoms with Crippen molar-refractivity contribution >= 4 is 11.8 Å². The van der Waals surface area contributed by atoms with Gasteiger partial charge in [0, 0.05) is 25.3 Å². The highest BCUT2D eigenvalue weighted by molar-refractivity contribution is 7.99. The molecule has 2 saturated heterocycles. The summed E-state index contributed by atoms with van der Waals surface area (Å²) >= 11 is 2.03. The largest absolute Gasteiger partial charge is 0.374 e. The smallest absolute Gasteiger partial charge is 0.0807 e. The zero-order valence-electron chi connectivity index (χ0n) is 11.9. The first-order valence-corrected chi connectivity index (χ1v) is 9.01. The number of hydrogen-bond donors (Lipinski definition) is 1. The molecule has 1 aliphatic carbocycles. The van der Waals surface area contributed by atoms with Crippen molar-refractivity contribution in [3.63, 3.8) is 0 Å². The Morgan fingerprint density at radius 2 is 2.05 bits per heavy atom. The molecule has 2 heterocycles. The molecular formula is C15H27NO2S. The highest BCUT2D eigenvalue weighted by atomic mass is 32.2. The molecule has 0 aromatic rings. The summed E-state index contributed by atoms with van der Waals surface area (Å²) < 4.78 is 12.6. The molecule has 110 valence electrons. The van der Waals surface area contributed by atoms with Gasteiger partial charge in [-0.2, -0.15) is 11.8 Å². The van der Waals surface area contributed by atoms with Crippen molar-refractivity contribution in [3.05, 3.63) is 0 Å². The number of hydrogen-bond acceptors (Lipinski definition) is 4. The van der Waals surface area contributed by atoms with E-state index in [1.54, 1.807) is 0 Å². The third kappa shape index (κ3) is 3.12. The lowest BCUT2D eigenvalue weighted by Crippen LogP contribution is -2.50. The molecule has 1 spiro atoms. The average Bonchev–Trinajstić information content (AvgIpc) is 2.88. The molecule has 3 aliphatic rings. The number of ether oxygens (including phenoxy) is 2. The summed E-state index contributed by atoms with van der Waals surface area (Å²) in [4.78, 5) is 0. The second kappa shape index (κ2) is 5.92. The lowest BCUT2D eigenvalue weighted by molar-refractivity contribution is -0.173. The highest BCUT2D eigenvalue weighted by Gasteiger charge is 2.43. The summed E-state index contributed by atoms with van der Waals surface area (Å²) in [5.41, 5.74) is 6.14. The van der Waals surface area contributed by atoms with Gasteiger partial charge in [-0.05, 0) is 31.4 Å². The fraction of sp³-hybridized carbons (Fsp3) is 1.00. The number of rotatable bonds is 3. The van der Waals surface area contributed by atoms with Gasteiger partial charge in [0.25, 0.3) is 0 Å². The number of thioether (sulfide) groups is 1. The zero-order chi connectivity index (χ0) is 13.2. The Bertz CT molecular complexity index is 299. The molecule has 3 rings (SSSR count). The quantitative estimate of drug-likeness (QED) is 0.866. The Hall–Kier alpha value is 0.230. The van der Waals surface area contributed by atoms with Crippen LogP contribution in [0.4, 0.5) is 0 Å². The van der Waals surface area contributed by atoms with Crippen LogP contribution in [0, 0.1) is 0 Å². The maximum Gasteiger partial charge on any atom is 0.0807 e. The minimum Gasteiger partial charge on any atom is -0.374 e. The van der Waals surface area contributed by atoms with Crippen LogP contribution in [0.5, 0.6) is 0 Å². The van der Waals surface area contributed by atoms with Crippen LogP contribution in [-0.2, 0) is 9.47 Å². The minimum atomic E-state index is -0.0206. The molecule has 2 aliphatic heterocycles. The van der Waals surface area contributed by atoms with E-state index in [-0.39, 0.29) is 11.2 Å². The van der Waals surface area contributed by atoms with Gasteiger partial charge in [-0.1, -0.05) is 19.3 Å². The summed E-state index contributed by atoms with van der Waals surface area (Å²) in [6, 6.07) is 0. The molecule has 4 heteroatoms. The zero-order valence-corrected chi connectivity index (χ0v) is 12.7. The van der Waals surface area contributed by atoms with Gasteiger partial charge in [-0.3, -0.25) is 0 Å². The monoisotopic (exact) mass is 285 g/mol. The second-order valence-electron chi connectivity index (χ2n) is 6.51. The van der Waals surface area contributed by atoms with Crippen molar-refractivity contribution in [1.29, 1.82) is 0 Å². The maximum absolute atomic E-state index is 6.54. The molecule has 3 fully saturated rings. The van der Waals surface area contributed by atoms with E-state index in [2.05, 4.69) is 0 Å². The molecule has 0 aromatic heterocycles. The topological polar surface area (TPSA) is 44.5 Å². The van der Waals surface area contributed by atoms with Crippen molar-refractivity contribution in [2.24, 2.45) is 5.73 Å². The second-order valence-corrected chi connectivity index (χ2v) is 7.62. The van der Waals surface area contributed by atoms with Gasteiger partial charge in [0.2, 0.25) is 0 Å². The van der Waals surface area contributed by atoms with E-state index in [0.717, 1.165) is 38.0 Å². The predicted octanol–water partition coefficient (Wildman–Crippen LogP) is 2.72. The van der Waals surface area contributed by atoms with Gasteiger partial charge >= 0.3 is 0 Å². The minimum absolute atomic E-state index is 0.0206. The van der Waals surface area contributed by atoms with Gasteiger partial charge in [-0.15, -0.1) is 0 Å². The Morgan fingerprint density at radius 3 is 2.74 bits per heavy atom. The van der Waals surface area contributed by atoms with Crippen molar-refractivity contribution in [2.45, 2.75) is 68.7 Å². The van der Waals surface area contributed by atoms with Crippen LogP contribution in [0.25, 0.3) is 0 Å². The molecule has 0 radical (unpaired) electrons. The Labute approximate surface area is 121 Å². The third-order valence-electron chi connectivity index (χ3n) is 5.07. The lowest BCUT2D eigenvalue weighted by Gasteiger charge is -2.44. The van der Waals surface area contributed by atoms with E-state index < -0.39 is 0 Å². The van der Waals surface area contributed by atoms with Crippen molar-refractivity contribution in [1.82, 2.24) is 0 Å². The SMILES string of the molecule is NCC1(OC2CCOC3(CCSC3)C2)CCCCC1. The van der Waals surface area contributed by atoms with Crippen LogP contribution in [-0.4, -0.2) is 42.0 Å². The van der Waals surface area contributed by atoms with E-state index in [9.17, 15) is 0 Å². The molecule has 19 heavy (non-hydrogen) atoms. The van der Waals surface area contributed by atoms with Gasteiger partial charge in [-0.25, -0.2) is 0 Å². The van der Waals surface area contributed by atoms with Gasteiger partial charge in [0.15, 0.2) is 0 Å².